The second-order valence-corrected chi connectivity index (χ2v) is 23.2. The number of esters is 1. The summed E-state index contributed by atoms with van der Waals surface area (Å²) >= 11 is 0. The summed E-state index contributed by atoms with van der Waals surface area (Å²) in [5, 5.41) is 56.9. The van der Waals surface area contributed by atoms with Gasteiger partial charge in [0.05, 0.1) is 25.4 Å². The Balaban J connectivity index is 2.54. The third-order valence-corrected chi connectivity index (χ3v) is 15.9. The van der Waals surface area contributed by atoms with Crippen LogP contribution in [0.2, 0.25) is 0 Å². The van der Waals surface area contributed by atoms with Gasteiger partial charge >= 0.3 is 5.97 Å². The van der Waals surface area contributed by atoms with Crippen LogP contribution in [0.3, 0.4) is 0 Å². The number of rotatable bonds is 57. The Morgan fingerprint density at radius 1 is 0.494 bits per heavy atom. The van der Waals surface area contributed by atoms with Gasteiger partial charge in [0.15, 0.2) is 12.4 Å². The predicted octanol–water partition coefficient (Wildman–Crippen LogP) is 16.1. The van der Waals surface area contributed by atoms with Gasteiger partial charge in [-0.25, -0.2) is 0 Å². The molecule has 1 saturated heterocycles. The molecule has 1 aliphatic heterocycles. The summed E-state index contributed by atoms with van der Waals surface area (Å²) in [5.74, 6) is -1.19. The summed E-state index contributed by atoms with van der Waals surface area (Å²) in [6.45, 7) is 5.77. The molecular formula is C66H125NO10. The predicted molar refractivity (Wildman–Crippen MR) is 320 cm³/mol. The van der Waals surface area contributed by atoms with E-state index in [-0.39, 0.29) is 19.4 Å². The Bertz CT molecular complexity index is 1350. The van der Waals surface area contributed by atoms with Crippen LogP contribution in [0.1, 0.15) is 323 Å². The van der Waals surface area contributed by atoms with E-state index in [1.807, 2.05) is 6.08 Å². The Morgan fingerprint density at radius 3 is 1.30 bits per heavy atom. The Hall–Kier alpha value is -1.86. The van der Waals surface area contributed by atoms with E-state index in [0.29, 0.717) is 12.8 Å². The van der Waals surface area contributed by atoms with Crippen LogP contribution in [0.4, 0.5) is 0 Å². The second-order valence-electron chi connectivity index (χ2n) is 23.2. The van der Waals surface area contributed by atoms with Crippen molar-refractivity contribution in [2.24, 2.45) is 0 Å². The Morgan fingerprint density at radius 2 is 0.870 bits per heavy atom. The summed E-state index contributed by atoms with van der Waals surface area (Å²) in [6, 6.07) is -1.02. The highest BCUT2D eigenvalue weighted by Gasteiger charge is 2.47. The number of hydrogen-bond acceptors (Lipinski definition) is 10. The molecule has 77 heavy (non-hydrogen) atoms. The zero-order valence-corrected chi connectivity index (χ0v) is 50.4. The average Bonchev–Trinajstić information content (AvgIpc) is 3.43. The van der Waals surface area contributed by atoms with E-state index in [1.54, 1.807) is 6.08 Å². The van der Waals surface area contributed by atoms with Gasteiger partial charge in [-0.15, -0.1) is 0 Å². The van der Waals surface area contributed by atoms with Crippen molar-refractivity contribution < 1.29 is 49.3 Å². The number of carbonyl (C=O) groups is 2. The molecule has 1 heterocycles. The highest BCUT2D eigenvalue weighted by molar-refractivity contribution is 5.80. The van der Waals surface area contributed by atoms with Gasteiger partial charge in [0, 0.05) is 6.42 Å². The Labute approximate surface area is 473 Å². The molecule has 0 aromatic heterocycles. The SMILES string of the molecule is CCCC/C=C\CCCCCCC(O)C(=O)NC(COC1OC(CO)C(O)C(O)C1OC(=O)CCCCCCCCCCCCCCCCCCCCCCCCCCC)C(O)/C=C/CCCCCCCCCCCCC. The lowest BCUT2D eigenvalue weighted by molar-refractivity contribution is -0.305. The van der Waals surface area contributed by atoms with Crippen LogP contribution in [-0.4, -0.2) is 99.6 Å². The first-order valence-electron chi connectivity index (χ1n) is 33.1. The smallest absolute Gasteiger partial charge is 0.306 e. The standard InChI is InChI=1S/C66H125NO10/c1-4-7-10-13-16-19-22-24-25-26-27-28-29-30-31-32-33-34-35-37-39-42-45-48-51-54-61(71)77-64-63(73)62(72)60(55-68)76-66(64)75-56-57(58(69)52-49-46-43-41-38-36-23-20-17-14-11-8-5-2)67-65(74)59(70)53-50-47-44-40-21-18-15-12-9-6-3/h15,18,49,52,57-60,62-64,66,68-70,72-73H,4-14,16-17,19-48,50-51,53-56H2,1-3H3,(H,67,74)/b18-15-,52-49+. The van der Waals surface area contributed by atoms with Crippen molar-refractivity contribution in [1.82, 2.24) is 5.32 Å². The molecule has 0 aromatic rings. The third kappa shape index (κ3) is 42.6. The molecule has 0 bridgehead atoms. The lowest BCUT2D eigenvalue weighted by Gasteiger charge is -2.41. The first-order valence-corrected chi connectivity index (χ1v) is 33.1. The molecule has 11 heteroatoms. The molecule has 0 saturated carbocycles. The number of nitrogens with one attached hydrogen (secondary N) is 1. The second kappa shape index (κ2) is 54.7. The zero-order chi connectivity index (χ0) is 56.1. The minimum absolute atomic E-state index is 0.129. The number of carbonyl (C=O) groups excluding carboxylic acids is 2. The van der Waals surface area contributed by atoms with Crippen LogP contribution in [0.25, 0.3) is 0 Å². The fourth-order valence-electron chi connectivity index (χ4n) is 10.6. The zero-order valence-electron chi connectivity index (χ0n) is 50.4. The molecule has 0 aromatic carbocycles. The maximum Gasteiger partial charge on any atom is 0.306 e. The number of aliphatic hydroxyl groups is 5. The summed E-state index contributed by atoms with van der Waals surface area (Å²) in [6.07, 6.45) is 53.9. The van der Waals surface area contributed by atoms with E-state index in [1.165, 1.54) is 205 Å². The fourth-order valence-corrected chi connectivity index (χ4v) is 10.6. The monoisotopic (exact) mass is 1090 g/mol. The molecule has 1 fully saturated rings. The van der Waals surface area contributed by atoms with E-state index in [2.05, 4.69) is 38.2 Å². The van der Waals surface area contributed by atoms with Crippen LogP contribution in [0.5, 0.6) is 0 Å². The molecule has 0 radical (unpaired) electrons. The molecule has 8 unspecified atom stereocenters. The van der Waals surface area contributed by atoms with E-state index < -0.39 is 67.4 Å². The van der Waals surface area contributed by atoms with Crippen molar-refractivity contribution in [2.75, 3.05) is 13.2 Å². The van der Waals surface area contributed by atoms with Gasteiger partial charge in [-0.1, -0.05) is 295 Å². The topological polar surface area (TPSA) is 175 Å². The van der Waals surface area contributed by atoms with Crippen LogP contribution >= 0.6 is 0 Å². The molecule has 1 rings (SSSR count). The lowest BCUT2D eigenvalue weighted by Crippen LogP contribution is -2.61. The van der Waals surface area contributed by atoms with Crippen molar-refractivity contribution in [3.63, 3.8) is 0 Å². The van der Waals surface area contributed by atoms with Crippen LogP contribution in [0.15, 0.2) is 24.3 Å². The van der Waals surface area contributed by atoms with Crippen molar-refractivity contribution in [1.29, 1.82) is 0 Å². The highest BCUT2D eigenvalue weighted by Crippen LogP contribution is 2.26. The Kier molecular flexibility index (Phi) is 52.0. The van der Waals surface area contributed by atoms with E-state index in [0.717, 1.165) is 70.6 Å². The summed E-state index contributed by atoms with van der Waals surface area (Å²) in [7, 11) is 0. The third-order valence-electron chi connectivity index (χ3n) is 15.9. The van der Waals surface area contributed by atoms with Gasteiger partial charge in [-0.2, -0.15) is 0 Å². The van der Waals surface area contributed by atoms with Crippen molar-refractivity contribution in [3.8, 4) is 0 Å². The summed E-state index contributed by atoms with van der Waals surface area (Å²) in [4.78, 5) is 26.5. The van der Waals surface area contributed by atoms with E-state index in [4.69, 9.17) is 14.2 Å². The number of amides is 1. The van der Waals surface area contributed by atoms with E-state index in [9.17, 15) is 35.1 Å². The van der Waals surface area contributed by atoms with Gasteiger partial charge in [0.1, 0.15) is 24.4 Å². The molecule has 1 amide bonds. The van der Waals surface area contributed by atoms with Gasteiger partial charge in [-0.3, -0.25) is 9.59 Å². The molecule has 0 spiro atoms. The normalized spacial score (nSPS) is 19.1. The molecular weight excluding hydrogens is 967 g/mol. The molecule has 8 atom stereocenters. The summed E-state index contributed by atoms with van der Waals surface area (Å²) < 4.78 is 17.6. The van der Waals surface area contributed by atoms with Crippen LogP contribution in [0, 0.1) is 0 Å². The van der Waals surface area contributed by atoms with E-state index >= 15 is 0 Å². The number of aliphatic hydroxyl groups excluding tert-OH is 5. The minimum Gasteiger partial charge on any atom is -0.454 e. The molecule has 11 nitrogen and oxygen atoms in total. The first-order chi connectivity index (χ1) is 37.7. The summed E-state index contributed by atoms with van der Waals surface area (Å²) in [5.41, 5.74) is 0. The van der Waals surface area contributed by atoms with Gasteiger partial charge in [-0.05, 0) is 44.9 Å². The highest BCUT2D eigenvalue weighted by atomic mass is 16.7. The molecule has 6 N–H and O–H groups in total. The number of ether oxygens (including phenoxy) is 3. The van der Waals surface area contributed by atoms with Crippen molar-refractivity contribution >= 4 is 11.9 Å². The quantitative estimate of drug-likeness (QED) is 0.0195. The van der Waals surface area contributed by atoms with Gasteiger partial charge in [0.2, 0.25) is 5.91 Å². The molecule has 1 aliphatic rings. The van der Waals surface area contributed by atoms with Crippen molar-refractivity contribution in [2.45, 2.75) is 372 Å². The van der Waals surface area contributed by atoms with Gasteiger partial charge in [0.25, 0.3) is 0 Å². The maximum atomic E-state index is 13.4. The number of unbranched alkanes of at least 4 members (excludes halogenated alkanes) is 41. The largest absolute Gasteiger partial charge is 0.454 e. The van der Waals surface area contributed by atoms with Crippen LogP contribution in [-0.2, 0) is 23.8 Å². The maximum absolute atomic E-state index is 13.4. The van der Waals surface area contributed by atoms with Crippen molar-refractivity contribution in [3.05, 3.63) is 24.3 Å². The first kappa shape index (κ1) is 73.2. The van der Waals surface area contributed by atoms with Gasteiger partial charge < -0.3 is 45.1 Å². The fraction of sp³-hybridized carbons (Fsp3) is 0.909. The number of hydrogen-bond donors (Lipinski definition) is 6. The van der Waals surface area contributed by atoms with Crippen LogP contribution < -0.4 is 5.32 Å². The average molecular weight is 1090 g/mol. The minimum atomic E-state index is -1.61. The number of allylic oxidation sites excluding steroid dienone is 3. The lowest BCUT2D eigenvalue weighted by atomic mass is 9.99. The molecule has 0 aliphatic carbocycles. The molecule has 454 valence electrons.